The molecule has 0 aliphatic carbocycles. The molecule has 0 aromatic heterocycles. The molecule has 3 unspecified atom stereocenters. The van der Waals surface area contributed by atoms with Gasteiger partial charge in [0.15, 0.2) is 0 Å². The van der Waals surface area contributed by atoms with Crippen LogP contribution in [0.25, 0.3) is 0 Å². The predicted octanol–water partition coefficient (Wildman–Crippen LogP) is 0.488. The number of carbonyl (C=O) groups excluding carboxylic acids is 1. The van der Waals surface area contributed by atoms with E-state index in [0.29, 0.717) is 12.3 Å². The van der Waals surface area contributed by atoms with Gasteiger partial charge in [0, 0.05) is 12.3 Å². The van der Waals surface area contributed by atoms with Crippen LogP contribution in [0.15, 0.2) is 0 Å². The summed E-state index contributed by atoms with van der Waals surface area (Å²) >= 11 is 1.32. The van der Waals surface area contributed by atoms with Crippen LogP contribution in [-0.2, 0) is 14.3 Å². The van der Waals surface area contributed by atoms with Gasteiger partial charge in [0.1, 0.15) is 0 Å². The number of hydrogen-bond acceptors (Lipinski definition) is 4. The molecule has 5 nitrogen and oxygen atoms in total. The maximum absolute atomic E-state index is 11.8. The van der Waals surface area contributed by atoms with E-state index in [2.05, 4.69) is 5.32 Å². The zero-order valence-electron chi connectivity index (χ0n) is 9.55. The van der Waals surface area contributed by atoms with E-state index < -0.39 is 5.97 Å². The third kappa shape index (κ3) is 3.35. The monoisotopic (exact) mass is 259 g/mol. The Kier molecular flexibility index (Phi) is 4.28. The first kappa shape index (κ1) is 12.7. The van der Waals surface area contributed by atoms with Crippen LogP contribution in [0.5, 0.6) is 0 Å². The molecule has 1 amide bonds. The van der Waals surface area contributed by atoms with Crippen molar-refractivity contribution >= 4 is 23.6 Å². The van der Waals surface area contributed by atoms with E-state index >= 15 is 0 Å². The summed E-state index contributed by atoms with van der Waals surface area (Å²) in [6, 6.07) is 0. The minimum absolute atomic E-state index is 0.0122. The van der Waals surface area contributed by atoms with Crippen molar-refractivity contribution in [1.82, 2.24) is 5.32 Å². The number of ether oxygens (including phenoxy) is 1. The highest BCUT2D eigenvalue weighted by Crippen LogP contribution is 2.38. The van der Waals surface area contributed by atoms with Crippen LogP contribution >= 0.6 is 11.8 Å². The molecule has 2 saturated heterocycles. The fourth-order valence-corrected chi connectivity index (χ4v) is 3.02. The van der Waals surface area contributed by atoms with E-state index in [1.807, 2.05) is 0 Å². The Morgan fingerprint density at radius 3 is 2.82 bits per heavy atom. The second kappa shape index (κ2) is 5.73. The van der Waals surface area contributed by atoms with Gasteiger partial charge in [-0.05, 0) is 19.3 Å². The zero-order valence-corrected chi connectivity index (χ0v) is 10.4. The number of carboxylic acid groups (broad SMARTS) is 1. The number of rotatable bonds is 6. The van der Waals surface area contributed by atoms with Gasteiger partial charge >= 0.3 is 5.97 Å². The van der Waals surface area contributed by atoms with Gasteiger partial charge < -0.3 is 15.2 Å². The zero-order chi connectivity index (χ0) is 12.3. The quantitative estimate of drug-likeness (QED) is 0.679. The van der Waals surface area contributed by atoms with E-state index in [1.165, 1.54) is 11.8 Å². The maximum Gasteiger partial charge on any atom is 0.313 e. The summed E-state index contributed by atoms with van der Waals surface area (Å²) in [7, 11) is 0. The summed E-state index contributed by atoms with van der Waals surface area (Å²) in [6.45, 7) is 0.532. The number of carboxylic acids is 1. The van der Waals surface area contributed by atoms with Crippen molar-refractivity contribution in [2.75, 3.05) is 18.1 Å². The molecule has 2 aliphatic heterocycles. The number of carbonyl (C=O) groups is 2. The van der Waals surface area contributed by atoms with Crippen LogP contribution in [0, 0.1) is 5.92 Å². The van der Waals surface area contributed by atoms with Crippen molar-refractivity contribution in [3.05, 3.63) is 0 Å². The van der Waals surface area contributed by atoms with Crippen molar-refractivity contribution in [3.63, 3.8) is 0 Å². The smallest absolute Gasteiger partial charge is 0.313 e. The maximum atomic E-state index is 11.8. The highest BCUT2D eigenvalue weighted by Gasteiger charge is 2.44. The molecule has 3 atom stereocenters. The number of nitrogens with one attached hydrogen (secondary N) is 1. The average molecular weight is 259 g/mol. The first-order chi connectivity index (χ1) is 8.16. The lowest BCUT2D eigenvalue weighted by molar-refractivity contribution is -0.134. The molecule has 2 fully saturated rings. The minimum Gasteiger partial charge on any atom is -0.481 e. The molecule has 96 valence electrons. The van der Waals surface area contributed by atoms with Gasteiger partial charge in [-0.15, -0.1) is 11.8 Å². The molecular formula is C11H17NO4S. The molecule has 2 aliphatic rings. The lowest BCUT2D eigenvalue weighted by Crippen LogP contribution is -2.37. The Bertz CT molecular complexity index is 310. The van der Waals surface area contributed by atoms with Crippen LogP contribution in [0.2, 0.25) is 0 Å². The Hall–Kier alpha value is -0.750. The van der Waals surface area contributed by atoms with Crippen LogP contribution in [0.4, 0.5) is 0 Å². The number of amides is 1. The lowest BCUT2D eigenvalue weighted by Gasteiger charge is -2.17. The Morgan fingerprint density at radius 2 is 2.24 bits per heavy atom. The van der Waals surface area contributed by atoms with E-state index in [1.54, 1.807) is 0 Å². The van der Waals surface area contributed by atoms with Gasteiger partial charge in [0.25, 0.3) is 0 Å². The van der Waals surface area contributed by atoms with Gasteiger partial charge in [-0.1, -0.05) is 0 Å². The average Bonchev–Trinajstić information content (AvgIpc) is 2.89. The minimum atomic E-state index is -0.817. The highest BCUT2D eigenvalue weighted by molar-refractivity contribution is 7.99. The molecule has 2 N–H and O–H groups in total. The van der Waals surface area contributed by atoms with Gasteiger partial charge in [0.2, 0.25) is 5.91 Å². The molecule has 0 aromatic carbocycles. The number of fused-ring (bicyclic) bond motifs is 2. The van der Waals surface area contributed by atoms with E-state index in [-0.39, 0.29) is 29.8 Å². The fourth-order valence-electron chi connectivity index (χ4n) is 2.45. The predicted molar refractivity (Wildman–Crippen MR) is 64.0 cm³/mol. The normalized spacial score (nSPS) is 30.5. The largest absolute Gasteiger partial charge is 0.481 e. The summed E-state index contributed by atoms with van der Waals surface area (Å²) in [5.41, 5.74) is 0. The van der Waals surface area contributed by atoms with Crippen molar-refractivity contribution < 1.29 is 19.4 Å². The van der Waals surface area contributed by atoms with Crippen molar-refractivity contribution in [2.24, 2.45) is 5.92 Å². The second-order valence-corrected chi connectivity index (χ2v) is 5.56. The molecule has 0 aromatic rings. The summed E-state index contributed by atoms with van der Waals surface area (Å²) in [5.74, 6) is -0.0125. The third-order valence-electron chi connectivity index (χ3n) is 3.21. The van der Waals surface area contributed by atoms with Crippen LogP contribution in [0.1, 0.15) is 19.3 Å². The molecule has 2 rings (SSSR count). The fraction of sp³-hybridized carbons (Fsp3) is 0.818. The van der Waals surface area contributed by atoms with Gasteiger partial charge in [-0.25, -0.2) is 0 Å². The lowest BCUT2D eigenvalue weighted by atomic mass is 9.88. The van der Waals surface area contributed by atoms with Gasteiger partial charge in [-0.2, -0.15) is 0 Å². The van der Waals surface area contributed by atoms with E-state index in [4.69, 9.17) is 9.84 Å². The molecule has 0 spiro atoms. The summed E-state index contributed by atoms with van der Waals surface area (Å²) < 4.78 is 5.62. The first-order valence-corrected chi connectivity index (χ1v) is 7.05. The summed E-state index contributed by atoms with van der Waals surface area (Å²) in [4.78, 5) is 22.1. The summed E-state index contributed by atoms with van der Waals surface area (Å²) in [6.07, 6.45) is 3.34. The molecule has 2 heterocycles. The topological polar surface area (TPSA) is 75.6 Å². The second-order valence-electron chi connectivity index (χ2n) is 4.45. The Balaban J connectivity index is 1.60. The van der Waals surface area contributed by atoms with Crippen molar-refractivity contribution in [2.45, 2.75) is 31.5 Å². The summed E-state index contributed by atoms with van der Waals surface area (Å²) in [5, 5.41) is 11.3. The number of hydrogen-bond donors (Lipinski definition) is 2. The molecule has 0 saturated carbocycles. The molecule has 0 radical (unpaired) electrons. The highest BCUT2D eigenvalue weighted by atomic mass is 32.2. The van der Waals surface area contributed by atoms with Crippen LogP contribution < -0.4 is 5.32 Å². The SMILES string of the molecule is O=C(O)CSCCNC(=O)C1CC2CCC1O2. The standard InChI is InChI=1S/C11H17NO4S/c13-10(14)6-17-4-3-12-11(15)8-5-7-1-2-9(8)16-7/h7-9H,1-6H2,(H,12,15)(H,13,14). The van der Waals surface area contributed by atoms with Crippen molar-refractivity contribution in [3.8, 4) is 0 Å². The molecule has 6 heteroatoms. The Morgan fingerprint density at radius 1 is 1.41 bits per heavy atom. The number of aliphatic carboxylic acids is 1. The molecule has 17 heavy (non-hydrogen) atoms. The van der Waals surface area contributed by atoms with Crippen LogP contribution in [0.3, 0.4) is 0 Å². The van der Waals surface area contributed by atoms with Crippen molar-refractivity contribution in [1.29, 1.82) is 0 Å². The van der Waals surface area contributed by atoms with Crippen LogP contribution in [-0.4, -0.2) is 47.2 Å². The number of thioether (sulfide) groups is 1. The molecule has 2 bridgehead atoms. The van der Waals surface area contributed by atoms with Gasteiger partial charge in [0.05, 0.1) is 23.9 Å². The first-order valence-electron chi connectivity index (χ1n) is 5.89. The molecular weight excluding hydrogens is 242 g/mol. The van der Waals surface area contributed by atoms with Gasteiger partial charge in [-0.3, -0.25) is 9.59 Å². The Labute approximate surface area is 104 Å². The van der Waals surface area contributed by atoms with E-state index in [9.17, 15) is 9.59 Å². The third-order valence-corrected chi connectivity index (χ3v) is 4.16. The van der Waals surface area contributed by atoms with E-state index in [0.717, 1.165) is 19.3 Å².